The molecule has 0 aliphatic heterocycles. The van der Waals surface area contributed by atoms with Crippen molar-refractivity contribution >= 4 is 33.6 Å². The molecule has 1 fully saturated rings. The number of hydrogen-bond donors (Lipinski definition) is 3. The quantitative estimate of drug-likeness (QED) is 0.795. The van der Waals surface area contributed by atoms with Crippen LogP contribution in [0.15, 0.2) is 22.7 Å². The first-order valence-corrected chi connectivity index (χ1v) is 6.77. The Balaban J connectivity index is 2.01. The number of amides is 2. The first-order valence-electron chi connectivity index (χ1n) is 5.97. The van der Waals surface area contributed by atoms with Gasteiger partial charge in [-0.25, -0.2) is 9.59 Å². The van der Waals surface area contributed by atoms with Gasteiger partial charge < -0.3 is 15.7 Å². The van der Waals surface area contributed by atoms with Crippen molar-refractivity contribution in [2.24, 2.45) is 5.41 Å². The van der Waals surface area contributed by atoms with E-state index in [0.29, 0.717) is 11.0 Å². The summed E-state index contributed by atoms with van der Waals surface area (Å²) in [7, 11) is 0. The van der Waals surface area contributed by atoms with Crippen molar-refractivity contribution in [1.82, 2.24) is 5.32 Å². The first kappa shape index (κ1) is 13.9. The van der Waals surface area contributed by atoms with Crippen LogP contribution < -0.4 is 10.6 Å². The van der Waals surface area contributed by atoms with Gasteiger partial charge in [-0.15, -0.1) is 0 Å². The SMILES string of the molecule is CC1(CNC(=O)Nc2ccc(Br)cc2C(=O)O)CC1. The van der Waals surface area contributed by atoms with Crippen LogP contribution in [-0.4, -0.2) is 23.7 Å². The van der Waals surface area contributed by atoms with Crippen molar-refractivity contribution in [3.63, 3.8) is 0 Å². The Morgan fingerprint density at radius 3 is 2.68 bits per heavy atom. The molecule has 6 heteroatoms. The third kappa shape index (κ3) is 3.70. The lowest BCUT2D eigenvalue weighted by atomic mass is 10.1. The van der Waals surface area contributed by atoms with Crippen LogP contribution in [0.3, 0.4) is 0 Å². The number of carbonyl (C=O) groups excluding carboxylic acids is 1. The van der Waals surface area contributed by atoms with Gasteiger partial charge in [0.2, 0.25) is 0 Å². The number of benzene rings is 1. The number of carboxylic acids is 1. The Morgan fingerprint density at radius 1 is 1.42 bits per heavy atom. The molecule has 19 heavy (non-hydrogen) atoms. The normalized spacial score (nSPS) is 15.7. The van der Waals surface area contributed by atoms with E-state index in [4.69, 9.17) is 5.11 Å². The lowest BCUT2D eigenvalue weighted by Gasteiger charge is -2.12. The second kappa shape index (κ2) is 5.21. The van der Waals surface area contributed by atoms with E-state index in [0.717, 1.165) is 12.8 Å². The van der Waals surface area contributed by atoms with Crippen molar-refractivity contribution in [2.45, 2.75) is 19.8 Å². The Labute approximate surface area is 119 Å². The van der Waals surface area contributed by atoms with Crippen molar-refractivity contribution in [3.05, 3.63) is 28.2 Å². The van der Waals surface area contributed by atoms with Gasteiger partial charge in [-0.2, -0.15) is 0 Å². The fourth-order valence-electron chi connectivity index (χ4n) is 1.65. The van der Waals surface area contributed by atoms with Crippen molar-refractivity contribution in [1.29, 1.82) is 0 Å². The highest BCUT2D eigenvalue weighted by atomic mass is 79.9. The summed E-state index contributed by atoms with van der Waals surface area (Å²) >= 11 is 3.20. The molecule has 0 heterocycles. The summed E-state index contributed by atoms with van der Waals surface area (Å²) in [5, 5.41) is 14.4. The number of anilines is 1. The summed E-state index contributed by atoms with van der Waals surface area (Å²) in [5.41, 5.74) is 0.559. The summed E-state index contributed by atoms with van der Waals surface area (Å²) in [6.45, 7) is 2.72. The Morgan fingerprint density at radius 2 is 2.11 bits per heavy atom. The summed E-state index contributed by atoms with van der Waals surface area (Å²) in [5.74, 6) is -1.08. The molecule has 0 atom stereocenters. The fraction of sp³-hybridized carbons (Fsp3) is 0.385. The average Bonchev–Trinajstić information content (AvgIpc) is 3.08. The molecule has 0 saturated heterocycles. The highest BCUT2D eigenvalue weighted by Gasteiger charge is 2.37. The van der Waals surface area contributed by atoms with E-state index in [1.54, 1.807) is 12.1 Å². The number of carboxylic acid groups (broad SMARTS) is 1. The van der Waals surface area contributed by atoms with E-state index >= 15 is 0 Å². The molecule has 0 unspecified atom stereocenters. The number of carbonyl (C=O) groups is 2. The first-order chi connectivity index (χ1) is 8.89. The van der Waals surface area contributed by atoms with E-state index in [2.05, 4.69) is 33.5 Å². The number of halogens is 1. The molecule has 1 aromatic rings. The van der Waals surface area contributed by atoms with Gasteiger partial charge >= 0.3 is 12.0 Å². The zero-order chi connectivity index (χ0) is 14.0. The Bertz CT molecular complexity index is 527. The largest absolute Gasteiger partial charge is 0.478 e. The van der Waals surface area contributed by atoms with Crippen LogP contribution in [-0.2, 0) is 0 Å². The monoisotopic (exact) mass is 326 g/mol. The second-order valence-electron chi connectivity index (χ2n) is 5.11. The molecule has 1 aliphatic rings. The number of aromatic carboxylic acids is 1. The average molecular weight is 327 g/mol. The third-order valence-corrected chi connectivity index (χ3v) is 3.73. The van der Waals surface area contributed by atoms with Crippen LogP contribution >= 0.6 is 15.9 Å². The molecular formula is C13H15BrN2O3. The molecular weight excluding hydrogens is 312 g/mol. The van der Waals surface area contributed by atoms with E-state index in [9.17, 15) is 9.59 Å². The maximum Gasteiger partial charge on any atom is 0.337 e. The second-order valence-corrected chi connectivity index (χ2v) is 6.03. The molecule has 0 radical (unpaired) electrons. The fourth-order valence-corrected chi connectivity index (χ4v) is 2.01. The number of nitrogens with one attached hydrogen (secondary N) is 2. The summed E-state index contributed by atoms with van der Waals surface area (Å²) < 4.78 is 0.654. The van der Waals surface area contributed by atoms with Crippen LogP contribution in [0.4, 0.5) is 10.5 Å². The van der Waals surface area contributed by atoms with Crippen molar-refractivity contribution in [3.8, 4) is 0 Å². The van der Waals surface area contributed by atoms with Crippen LogP contribution in [0.2, 0.25) is 0 Å². The molecule has 3 N–H and O–H groups in total. The predicted molar refractivity (Wildman–Crippen MR) is 75.5 cm³/mol. The lowest BCUT2D eigenvalue weighted by Crippen LogP contribution is -2.33. The van der Waals surface area contributed by atoms with E-state index in [1.807, 2.05) is 0 Å². The van der Waals surface area contributed by atoms with E-state index in [1.165, 1.54) is 6.07 Å². The molecule has 5 nitrogen and oxygen atoms in total. The van der Waals surface area contributed by atoms with Gasteiger partial charge in [0.1, 0.15) is 0 Å². The molecule has 0 aromatic heterocycles. The van der Waals surface area contributed by atoms with Gasteiger partial charge in [-0.05, 0) is 36.5 Å². The van der Waals surface area contributed by atoms with E-state index < -0.39 is 5.97 Å². The minimum Gasteiger partial charge on any atom is -0.478 e. The summed E-state index contributed by atoms with van der Waals surface area (Å²) in [6.07, 6.45) is 2.23. The Hall–Kier alpha value is -1.56. The van der Waals surface area contributed by atoms with Crippen molar-refractivity contribution in [2.75, 3.05) is 11.9 Å². The van der Waals surface area contributed by atoms with Crippen LogP contribution in [0.25, 0.3) is 0 Å². The summed E-state index contributed by atoms with van der Waals surface area (Å²) in [6, 6.07) is 4.33. The minimum atomic E-state index is -1.08. The molecule has 1 aromatic carbocycles. The molecule has 1 aliphatic carbocycles. The Kier molecular flexibility index (Phi) is 3.80. The number of rotatable bonds is 4. The van der Waals surface area contributed by atoms with E-state index in [-0.39, 0.29) is 22.7 Å². The van der Waals surface area contributed by atoms with Gasteiger partial charge in [-0.1, -0.05) is 22.9 Å². The van der Waals surface area contributed by atoms with Crippen LogP contribution in [0.1, 0.15) is 30.1 Å². The molecule has 2 amide bonds. The standard InChI is InChI=1S/C13H15BrN2O3/c1-13(4-5-13)7-15-12(19)16-10-3-2-8(14)6-9(10)11(17)18/h2-3,6H,4-5,7H2,1H3,(H,17,18)(H2,15,16,19). The minimum absolute atomic E-state index is 0.0576. The third-order valence-electron chi connectivity index (χ3n) is 3.24. The van der Waals surface area contributed by atoms with Crippen molar-refractivity contribution < 1.29 is 14.7 Å². The van der Waals surface area contributed by atoms with Gasteiger partial charge in [0.25, 0.3) is 0 Å². The zero-order valence-electron chi connectivity index (χ0n) is 10.5. The highest BCUT2D eigenvalue weighted by Crippen LogP contribution is 2.44. The van der Waals surface area contributed by atoms with Crippen LogP contribution in [0, 0.1) is 5.41 Å². The van der Waals surface area contributed by atoms with Crippen LogP contribution in [0.5, 0.6) is 0 Å². The van der Waals surface area contributed by atoms with Gasteiger partial charge in [-0.3, -0.25) is 0 Å². The van der Waals surface area contributed by atoms with Gasteiger partial charge in [0.15, 0.2) is 0 Å². The summed E-state index contributed by atoms with van der Waals surface area (Å²) in [4.78, 5) is 22.8. The number of hydrogen-bond acceptors (Lipinski definition) is 2. The lowest BCUT2D eigenvalue weighted by molar-refractivity contribution is 0.0698. The number of urea groups is 1. The zero-order valence-corrected chi connectivity index (χ0v) is 12.1. The molecule has 102 valence electrons. The van der Waals surface area contributed by atoms with Gasteiger partial charge in [0, 0.05) is 11.0 Å². The topological polar surface area (TPSA) is 78.4 Å². The predicted octanol–water partition coefficient (Wildman–Crippen LogP) is 3.07. The molecule has 1 saturated carbocycles. The maximum absolute atomic E-state index is 11.7. The maximum atomic E-state index is 11.7. The van der Waals surface area contributed by atoms with Gasteiger partial charge in [0.05, 0.1) is 11.3 Å². The smallest absolute Gasteiger partial charge is 0.337 e. The highest BCUT2D eigenvalue weighted by molar-refractivity contribution is 9.10. The molecule has 0 bridgehead atoms. The molecule has 2 rings (SSSR count). The molecule has 0 spiro atoms.